The number of hydrogen-bond donors (Lipinski definition) is 2. The highest BCUT2D eigenvalue weighted by molar-refractivity contribution is 7.99. The van der Waals surface area contributed by atoms with E-state index in [1.165, 1.54) is 5.75 Å². The Hall–Kier alpha value is -1.05. The van der Waals surface area contributed by atoms with Gasteiger partial charge in [-0.3, -0.25) is 0 Å². The van der Waals surface area contributed by atoms with Gasteiger partial charge in [0.15, 0.2) is 5.82 Å². The number of imidazole rings is 1. The first-order valence-corrected chi connectivity index (χ1v) is 6.71. The van der Waals surface area contributed by atoms with Crippen molar-refractivity contribution in [3.8, 4) is 11.6 Å². The summed E-state index contributed by atoms with van der Waals surface area (Å²) in [6, 6.07) is 0.429. The number of rotatable bonds is 3. The van der Waals surface area contributed by atoms with Gasteiger partial charge in [-0.15, -0.1) is 12.4 Å². The van der Waals surface area contributed by atoms with E-state index in [0.29, 0.717) is 23.6 Å². The van der Waals surface area contributed by atoms with E-state index in [-0.39, 0.29) is 12.4 Å². The Balaban J connectivity index is 0.00000120. The Morgan fingerprint density at radius 2 is 2.44 bits per heavy atom. The van der Waals surface area contributed by atoms with Crippen LogP contribution in [0.25, 0.3) is 11.6 Å². The maximum Gasteiger partial charge on any atom is 0.238 e. The normalized spacial score (nSPS) is 19.4. The summed E-state index contributed by atoms with van der Waals surface area (Å²) in [5.41, 5.74) is 0. The molecule has 0 spiro atoms. The average molecular weight is 288 g/mol. The predicted molar refractivity (Wildman–Crippen MR) is 71.9 cm³/mol. The summed E-state index contributed by atoms with van der Waals surface area (Å²) in [5, 5.41) is 7.35. The third-order valence-electron chi connectivity index (χ3n) is 2.60. The maximum absolute atomic E-state index is 5.22. The molecule has 6 nitrogen and oxygen atoms in total. The Morgan fingerprint density at radius 1 is 1.50 bits per heavy atom. The summed E-state index contributed by atoms with van der Waals surface area (Å²) >= 11 is 1.96. The second-order valence-corrected chi connectivity index (χ2v) is 5.03. The molecule has 0 bridgehead atoms. The molecule has 0 radical (unpaired) electrons. The van der Waals surface area contributed by atoms with Crippen LogP contribution in [0.3, 0.4) is 0 Å². The molecular formula is C10H14ClN5OS. The fourth-order valence-corrected chi connectivity index (χ4v) is 2.73. The highest BCUT2D eigenvalue weighted by Crippen LogP contribution is 2.14. The van der Waals surface area contributed by atoms with Crippen LogP contribution in [0.2, 0.25) is 0 Å². The van der Waals surface area contributed by atoms with Gasteiger partial charge in [0, 0.05) is 42.9 Å². The van der Waals surface area contributed by atoms with Crippen molar-refractivity contribution < 1.29 is 4.52 Å². The SMILES string of the molecule is Cl.c1c[nH]c(-c2noc(CC3CSCCN3)n2)n1. The molecule has 3 heterocycles. The third-order valence-corrected chi connectivity index (χ3v) is 3.73. The molecule has 8 heteroatoms. The van der Waals surface area contributed by atoms with E-state index >= 15 is 0 Å². The molecule has 0 saturated carbocycles. The van der Waals surface area contributed by atoms with Gasteiger partial charge >= 0.3 is 0 Å². The first-order chi connectivity index (χ1) is 8.42. The van der Waals surface area contributed by atoms with Crippen LogP contribution in [0, 0.1) is 0 Å². The molecule has 2 aromatic rings. The number of thioether (sulfide) groups is 1. The molecule has 2 aromatic heterocycles. The third kappa shape index (κ3) is 3.04. The Morgan fingerprint density at radius 3 is 3.17 bits per heavy atom. The minimum atomic E-state index is 0. The minimum absolute atomic E-state index is 0. The molecule has 0 aliphatic carbocycles. The lowest BCUT2D eigenvalue weighted by atomic mass is 10.2. The van der Waals surface area contributed by atoms with Crippen LogP contribution >= 0.6 is 24.2 Å². The Bertz CT molecular complexity index is 468. The smallest absolute Gasteiger partial charge is 0.238 e. The zero-order valence-corrected chi connectivity index (χ0v) is 11.3. The quantitative estimate of drug-likeness (QED) is 0.881. The lowest BCUT2D eigenvalue weighted by Crippen LogP contribution is -2.38. The van der Waals surface area contributed by atoms with E-state index < -0.39 is 0 Å². The van der Waals surface area contributed by atoms with Gasteiger partial charge in [0.25, 0.3) is 0 Å². The summed E-state index contributed by atoms with van der Waals surface area (Å²) in [6.07, 6.45) is 4.19. The van der Waals surface area contributed by atoms with Gasteiger partial charge in [-0.2, -0.15) is 16.7 Å². The van der Waals surface area contributed by atoms with Crippen molar-refractivity contribution in [3.63, 3.8) is 0 Å². The van der Waals surface area contributed by atoms with Crippen LogP contribution in [0.4, 0.5) is 0 Å². The van der Waals surface area contributed by atoms with Crippen molar-refractivity contribution in [3.05, 3.63) is 18.3 Å². The van der Waals surface area contributed by atoms with E-state index in [1.54, 1.807) is 12.4 Å². The molecule has 2 N–H and O–H groups in total. The van der Waals surface area contributed by atoms with Crippen molar-refractivity contribution in [2.24, 2.45) is 0 Å². The molecule has 1 aliphatic rings. The number of nitrogens with one attached hydrogen (secondary N) is 2. The van der Waals surface area contributed by atoms with Gasteiger partial charge in [0.05, 0.1) is 0 Å². The van der Waals surface area contributed by atoms with Gasteiger partial charge in [0.2, 0.25) is 11.7 Å². The number of aromatic amines is 1. The van der Waals surface area contributed by atoms with E-state index in [9.17, 15) is 0 Å². The molecule has 0 amide bonds. The van der Waals surface area contributed by atoms with Gasteiger partial charge < -0.3 is 14.8 Å². The van der Waals surface area contributed by atoms with Crippen LogP contribution in [-0.2, 0) is 6.42 Å². The molecule has 3 rings (SSSR count). The largest absolute Gasteiger partial charge is 0.342 e. The van der Waals surface area contributed by atoms with Gasteiger partial charge in [-0.05, 0) is 0 Å². The summed E-state index contributed by atoms with van der Waals surface area (Å²) < 4.78 is 5.22. The van der Waals surface area contributed by atoms with Crippen LogP contribution in [0.5, 0.6) is 0 Å². The number of aromatic nitrogens is 4. The fraction of sp³-hybridized carbons (Fsp3) is 0.500. The first-order valence-electron chi connectivity index (χ1n) is 5.55. The number of nitrogens with zero attached hydrogens (tertiary/aromatic N) is 3. The standard InChI is InChI=1S/C10H13N5OS.ClH/c1-2-13-9(12-1)10-14-8(16-15-10)5-7-6-17-4-3-11-7;/h1-2,7,11H,3-6H2,(H,12,13);1H. The van der Waals surface area contributed by atoms with Gasteiger partial charge in [-0.25, -0.2) is 4.98 Å². The topological polar surface area (TPSA) is 79.6 Å². The zero-order chi connectivity index (χ0) is 11.5. The second-order valence-electron chi connectivity index (χ2n) is 3.88. The summed E-state index contributed by atoms with van der Waals surface area (Å²) in [7, 11) is 0. The lowest BCUT2D eigenvalue weighted by molar-refractivity contribution is 0.363. The average Bonchev–Trinajstić information content (AvgIpc) is 3.00. The number of H-pyrrole nitrogens is 1. The van der Waals surface area contributed by atoms with Crippen molar-refractivity contribution in [1.82, 2.24) is 25.4 Å². The molecule has 1 unspecified atom stereocenters. The van der Waals surface area contributed by atoms with E-state index in [1.807, 2.05) is 11.8 Å². The lowest BCUT2D eigenvalue weighted by Gasteiger charge is -2.21. The van der Waals surface area contributed by atoms with Crippen LogP contribution < -0.4 is 5.32 Å². The van der Waals surface area contributed by atoms with E-state index in [0.717, 1.165) is 18.7 Å². The monoisotopic (exact) mass is 287 g/mol. The molecule has 1 atom stereocenters. The maximum atomic E-state index is 5.22. The minimum Gasteiger partial charge on any atom is -0.342 e. The van der Waals surface area contributed by atoms with Crippen molar-refractivity contribution in [2.45, 2.75) is 12.5 Å². The molecule has 18 heavy (non-hydrogen) atoms. The summed E-state index contributed by atoms with van der Waals surface area (Å²) in [6.45, 7) is 1.05. The zero-order valence-electron chi connectivity index (χ0n) is 9.63. The highest BCUT2D eigenvalue weighted by Gasteiger charge is 2.18. The number of hydrogen-bond acceptors (Lipinski definition) is 6. The molecule has 0 aromatic carbocycles. The Labute approximate surface area is 115 Å². The van der Waals surface area contributed by atoms with Crippen LogP contribution in [0.15, 0.2) is 16.9 Å². The van der Waals surface area contributed by atoms with Crippen molar-refractivity contribution in [1.29, 1.82) is 0 Å². The summed E-state index contributed by atoms with van der Waals surface area (Å²) in [5.74, 6) is 4.10. The molecule has 1 fully saturated rings. The van der Waals surface area contributed by atoms with Crippen LogP contribution in [-0.4, -0.2) is 44.2 Å². The molecular weight excluding hydrogens is 274 g/mol. The fourth-order valence-electron chi connectivity index (χ4n) is 1.78. The first kappa shape index (κ1) is 13.4. The summed E-state index contributed by atoms with van der Waals surface area (Å²) in [4.78, 5) is 11.4. The number of halogens is 1. The molecule has 98 valence electrons. The van der Waals surface area contributed by atoms with Crippen molar-refractivity contribution in [2.75, 3.05) is 18.1 Å². The van der Waals surface area contributed by atoms with Crippen LogP contribution in [0.1, 0.15) is 5.89 Å². The van der Waals surface area contributed by atoms with Gasteiger partial charge in [0.1, 0.15) is 0 Å². The second kappa shape index (κ2) is 6.21. The predicted octanol–water partition coefficient (Wildman–Crippen LogP) is 1.13. The van der Waals surface area contributed by atoms with E-state index in [4.69, 9.17) is 4.52 Å². The van der Waals surface area contributed by atoms with Crippen molar-refractivity contribution >= 4 is 24.2 Å². The highest BCUT2D eigenvalue weighted by atomic mass is 35.5. The van der Waals surface area contributed by atoms with E-state index in [2.05, 4.69) is 25.4 Å². The molecule has 1 saturated heterocycles. The Kier molecular flexibility index (Phi) is 4.62. The molecule has 1 aliphatic heterocycles. The van der Waals surface area contributed by atoms with Gasteiger partial charge in [-0.1, -0.05) is 5.16 Å².